The molecule has 1 aliphatic rings. The quantitative estimate of drug-likeness (QED) is 0.779. The molecule has 1 atom stereocenters. The maximum absolute atomic E-state index is 6.03. The highest BCUT2D eigenvalue weighted by Gasteiger charge is 2.16. The van der Waals surface area contributed by atoms with Crippen LogP contribution in [0.2, 0.25) is 10.0 Å². The van der Waals surface area contributed by atoms with Crippen LogP contribution < -0.4 is 10.1 Å². The second-order valence-electron chi connectivity index (χ2n) is 5.57. The third-order valence-corrected chi connectivity index (χ3v) is 4.18. The van der Waals surface area contributed by atoms with E-state index in [1.54, 1.807) is 6.07 Å². The molecule has 3 rings (SSSR count). The lowest BCUT2D eigenvalue weighted by molar-refractivity contribution is 0.0682. The number of ether oxygens (including phenoxy) is 2. The third-order valence-electron chi connectivity index (χ3n) is 3.74. The van der Waals surface area contributed by atoms with Gasteiger partial charge in [0.2, 0.25) is 0 Å². The van der Waals surface area contributed by atoms with E-state index in [1.165, 1.54) is 0 Å². The summed E-state index contributed by atoms with van der Waals surface area (Å²) in [7, 11) is 0. The zero-order valence-corrected chi connectivity index (χ0v) is 14.2. The zero-order chi connectivity index (χ0) is 16.1. The van der Waals surface area contributed by atoms with Gasteiger partial charge in [0.25, 0.3) is 0 Å². The minimum absolute atomic E-state index is 0.204. The van der Waals surface area contributed by atoms with Gasteiger partial charge in [-0.25, -0.2) is 0 Å². The van der Waals surface area contributed by atoms with Crippen LogP contribution in [0.1, 0.15) is 18.4 Å². The number of halogens is 2. The number of benzene rings is 2. The molecule has 0 aromatic heterocycles. The summed E-state index contributed by atoms with van der Waals surface area (Å²) in [5, 5.41) is 4.65. The van der Waals surface area contributed by atoms with E-state index >= 15 is 0 Å². The number of hydrogen-bond donors (Lipinski definition) is 1. The van der Waals surface area contributed by atoms with Crippen molar-refractivity contribution in [2.45, 2.75) is 25.5 Å². The first kappa shape index (κ1) is 16.4. The third kappa shape index (κ3) is 4.77. The van der Waals surface area contributed by atoms with Gasteiger partial charge < -0.3 is 14.8 Å². The minimum Gasteiger partial charge on any atom is -0.489 e. The second kappa shape index (κ2) is 7.91. The first-order chi connectivity index (χ1) is 11.2. The van der Waals surface area contributed by atoms with Gasteiger partial charge in [0.05, 0.1) is 11.8 Å². The molecule has 0 spiro atoms. The van der Waals surface area contributed by atoms with E-state index in [-0.39, 0.29) is 6.10 Å². The molecule has 1 saturated heterocycles. The molecule has 0 bridgehead atoms. The second-order valence-corrected chi connectivity index (χ2v) is 6.45. The topological polar surface area (TPSA) is 30.5 Å². The van der Waals surface area contributed by atoms with Gasteiger partial charge in [0.15, 0.2) is 0 Å². The maximum atomic E-state index is 6.03. The number of nitrogens with one attached hydrogen (secondary N) is 1. The Labute approximate surface area is 146 Å². The van der Waals surface area contributed by atoms with Gasteiger partial charge in [-0.15, -0.1) is 0 Å². The van der Waals surface area contributed by atoms with Crippen molar-refractivity contribution in [2.24, 2.45) is 0 Å². The van der Waals surface area contributed by atoms with E-state index in [1.807, 2.05) is 36.4 Å². The molecule has 0 saturated carbocycles. The average Bonchev–Trinajstić information content (AvgIpc) is 3.04. The molecule has 1 unspecified atom stereocenters. The summed E-state index contributed by atoms with van der Waals surface area (Å²) in [4.78, 5) is 0. The molecule has 23 heavy (non-hydrogen) atoms. The van der Waals surface area contributed by atoms with Crippen LogP contribution in [0.4, 0.5) is 5.69 Å². The summed E-state index contributed by atoms with van der Waals surface area (Å²) in [5.41, 5.74) is 1.97. The molecule has 0 aliphatic carbocycles. The number of para-hydroxylation sites is 2. The molecule has 0 radical (unpaired) electrons. The molecule has 3 nitrogen and oxygen atoms in total. The maximum Gasteiger partial charge on any atom is 0.142 e. The Morgan fingerprint density at radius 3 is 2.65 bits per heavy atom. The summed E-state index contributed by atoms with van der Waals surface area (Å²) < 4.78 is 11.5. The van der Waals surface area contributed by atoms with Gasteiger partial charge in [-0.05, 0) is 48.7 Å². The largest absolute Gasteiger partial charge is 0.489 e. The van der Waals surface area contributed by atoms with Crippen LogP contribution in [0, 0.1) is 0 Å². The van der Waals surface area contributed by atoms with E-state index in [0.717, 1.165) is 36.4 Å². The molecule has 5 heteroatoms. The van der Waals surface area contributed by atoms with E-state index in [9.17, 15) is 0 Å². The van der Waals surface area contributed by atoms with Crippen molar-refractivity contribution in [3.8, 4) is 5.75 Å². The van der Waals surface area contributed by atoms with Crippen molar-refractivity contribution in [3.63, 3.8) is 0 Å². The van der Waals surface area contributed by atoms with E-state index in [4.69, 9.17) is 32.7 Å². The van der Waals surface area contributed by atoms with Crippen LogP contribution in [0.25, 0.3) is 0 Å². The summed E-state index contributed by atoms with van der Waals surface area (Å²) >= 11 is 12.1. The summed E-state index contributed by atoms with van der Waals surface area (Å²) in [6.07, 6.45) is 2.38. The first-order valence-electron chi connectivity index (χ1n) is 7.73. The average molecular weight is 352 g/mol. The Morgan fingerprint density at radius 1 is 1.13 bits per heavy atom. The molecular weight excluding hydrogens is 333 g/mol. The highest BCUT2D eigenvalue weighted by atomic mass is 35.5. The number of anilines is 1. The van der Waals surface area contributed by atoms with Gasteiger partial charge >= 0.3 is 0 Å². The van der Waals surface area contributed by atoms with Crippen molar-refractivity contribution < 1.29 is 9.47 Å². The summed E-state index contributed by atoms with van der Waals surface area (Å²) in [5.74, 6) is 0.830. The van der Waals surface area contributed by atoms with Gasteiger partial charge in [0, 0.05) is 23.2 Å². The van der Waals surface area contributed by atoms with Crippen LogP contribution in [-0.4, -0.2) is 19.3 Å². The summed E-state index contributed by atoms with van der Waals surface area (Å²) in [6.45, 7) is 2.05. The van der Waals surface area contributed by atoms with Crippen molar-refractivity contribution in [1.82, 2.24) is 0 Å². The van der Waals surface area contributed by atoms with E-state index in [0.29, 0.717) is 23.2 Å². The first-order valence-corrected chi connectivity index (χ1v) is 8.48. The highest BCUT2D eigenvalue weighted by molar-refractivity contribution is 6.34. The molecule has 0 amide bonds. The molecule has 122 valence electrons. The van der Waals surface area contributed by atoms with Crippen molar-refractivity contribution in [1.29, 1.82) is 0 Å². The van der Waals surface area contributed by atoms with Crippen LogP contribution in [0.15, 0.2) is 42.5 Å². The zero-order valence-electron chi connectivity index (χ0n) is 12.7. The highest BCUT2D eigenvalue weighted by Crippen LogP contribution is 2.26. The van der Waals surface area contributed by atoms with E-state index in [2.05, 4.69) is 5.32 Å². The van der Waals surface area contributed by atoms with Crippen molar-refractivity contribution >= 4 is 28.9 Å². The summed E-state index contributed by atoms with van der Waals surface area (Å²) in [6, 6.07) is 13.4. The van der Waals surface area contributed by atoms with Crippen LogP contribution in [-0.2, 0) is 11.3 Å². The van der Waals surface area contributed by atoms with E-state index < -0.39 is 0 Å². The van der Waals surface area contributed by atoms with Gasteiger partial charge in [0.1, 0.15) is 12.4 Å². The molecule has 1 aliphatic heterocycles. The Morgan fingerprint density at radius 2 is 1.91 bits per heavy atom. The van der Waals surface area contributed by atoms with Crippen molar-refractivity contribution in [3.05, 3.63) is 58.1 Å². The Bertz CT molecular complexity index is 637. The van der Waals surface area contributed by atoms with Crippen LogP contribution >= 0.6 is 23.2 Å². The lowest BCUT2D eigenvalue weighted by Crippen LogP contribution is -2.16. The number of rotatable bonds is 6. The fourth-order valence-electron chi connectivity index (χ4n) is 2.61. The molecule has 2 aromatic carbocycles. The fraction of sp³-hybridized carbons (Fsp3) is 0.333. The van der Waals surface area contributed by atoms with Gasteiger partial charge in [-0.1, -0.05) is 35.3 Å². The van der Waals surface area contributed by atoms with Gasteiger partial charge in [-0.2, -0.15) is 0 Å². The lowest BCUT2D eigenvalue weighted by Gasteiger charge is -2.16. The Hall–Kier alpha value is -1.42. The molecule has 2 aromatic rings. The lowest BCUT2D eigenvalue weighted by atomic mass is 10.2. The smallest absolute Gasteiger partial charge is 0.142 e. The van der Waals surface area contributed by atoms with Gasteiger partial charge in [-0.3, -0.25) is 0 Å². The molecule has 1 fully saturated rings. The molecular formula is C18H19Cl2NO2. The van der Waals surface area contributed by atoms with Crippen molar-refractivity contribution in [2.75, 3.05) is 18.5 Å². The SMILES string of the molecule is Clc1cc(Cl)cc(CNc2ccccc2OCC2CCCO2)c1. The standard InChI is InChI=1S/C18H19Cl2NO2/c19-14-8-13(9-15(20)10-14)11-21-17-5-1-2-6-18(17)23-12-16-4-3-7-22-16/h1-2,5-6,8-10,16,21H,3-4,7,11-12H2. The minimum atomic E-state index is 0.204. The molecule has 1 N–H and O–H groups in total. The Balaban J connectivity index is 1.62. The Kier molecular flexibility index (Phi) is 5.65. The van der Waals surface area contributed by atoms with Crippen LogP contribution in [0.5, 0.6) is 5.75 Å². The monoisotopic (exact) mass is 351 g/mol. The molecule has 1 heterocycles. The number of hydrogen-bond acceptors (Lipinski definition) is 3. The van der Waals surface area contributed by atoms with Crippen LogP contribution in [0.3, 0.4) is 0 Å². The normalized spacial score (nSPS) is 17.2. The predicted octanol–water partition coefficient (Wildman–Crippen LogP) is 5.16. The fourth-order valence-corrected chi connectivity index (χ4v) is 3.18. The predicted molar refractivity (Wildman–Crippen MR) is 94.7 cm³/mol.